The molecule has 1 amide bonds. The quantitative estimate of drug-likeness (QED) is 0.865. The number of hydrogen-bond acceptors (Lipinski definition) is 5. The molecule has 1 N–H and O–H groups in total. The SMILES string of the molecule is CO[C@H]1COC[C@@H]1NC(=O)c1ncoc1C(C)C. The van der Waals surface area contributed by atoms with Crippen molar-refractivity contribution in [2.45, 2.75) is 31.9 Å². The minimum absolute atomic E-state index is 0.108. The molecule has 1 aliphatic heterocycles. The molecular formula is C12H18N2O4. The summed E-state index contributed by atoms with van der Waals surface area (Å²) in [6.07, 6.45) is 1.19. The molecule has 100 valence electrons. The Morgan fingerprint density at radius 1 is 1.56 bits per heavy atom. The Morgan fingerprint density at radius 2 is 2.33 bits per heavy atom. The summed E-state index contributed by atoms with van der Waals surface area (Å²) in [6, 6.07) is -0.140. The summed E-state index contributed by atoms with van der Waals surface area (Å²) < 4.78 is 15.7. The van der Waals surface area contributed by atoms with E-state index in [2.05, 4.69) is 10.3 Å². The monoisotopic (exact) mass is 254 g/mol. The van der Waals surface area contributed by atoms with Crippen molar-refractivity contribution in [3.05, 3.63) is 17.8 Å². The highest BCUT2D eigenvalue weighted by atomic mass is 16.5. The topological polar surface area (TPSA) is 73.6 Å². The van der Waals surface area contributed by atoms with E-state index in [1.54, 1.807) is 7.11 Å². The van der Waals surface area contributed by atoms with Crippen LogP contribution in [0.4, 0.5) is 0 Å². The van der Waals surface area contributed by atoms with E-state index in [-0.39, 0.29) is 24.0 Å². The average Bonchev–Trinajstić information content (AvgIpc) is 2.96. The van der Waals surface area contributed by atoms with Crippen LogP contribution in [0.3, 0.4) is 0 Å². The van der Waals surface area contributed by atoms with Gasteiger partial charge in [-0.05, 0) is 0 Å². The Bertz CT molecular complexity index is 416. The molecule has 1 aliphatic rings. The average molecular weight is 254 g/mol. The predicted molar refractivity (Wildman–Crippen MR) is 63.5 cm³/mol. The number of carbonyl (C=O) groups excluding carboxylic acids is 1. The molecule has 0 radical (unpaired) electrons. The van der Waals surface area contributed by atoms with Crippen LogP contribution in [0.15, 0.2) is 10.8 Å². The number of aromatic nitrogens is 1. The third kappa shape index (κ3) is 2.54. The maximum Gasteiger partial charge on any atom is 0.273 e. The smallest absolute Gasteiger partial charge is 0.273 e. The maximum atomic E-state index is 12.1. The van der Waals surface area contributed by atoms with Crippen molar-refractivity contribution >= 4 is 5.91 Å². The molecule has 2 rings (SSSR count). The molecule has 1 saturated heterocycles. The van der Waals surface area contributed by atoms with Crippen LogP contribution >= 0.6 is 0 Å². The molecule has 1 aromatic heterocycles. The number of nitrogens with one attached hydrogen (secondary N) is 1. The fourth-order valence-electron chi connectivity index (χ4n) is 1.97. The molecule has 0 spiro atoms. The van der Waals surface area contributed by atoms with Gasteiger partial charge in [-0.15, -0.1) is 0 Å². The van der Waals surface area contributed by atoms with E-state index in [0.717, 1.165) is 0 Å². The number of methoxy groups -OCH3 is 1. The van der Waals surface area contributed by atoms with Crippen molar-refractivity contribution in [1.29, 1.82) is 0 Å². The van der Waals surface area contributed by atoms with Gasteiger partial charge in [0.2, 0.25) is 0 Å². The van der Waals surface area contributed by atoms with Crippen LogP contribution in [0.5, 0.6) is 0 Å². The van der Waals surface area contributed by atoms with E-state index < -0.39 is 0 Å². The first kappa shape index (κ1) is 13.0. The van der Waals surface area contributed by atoms with Gasteiger partial charge < -0.3 is 19.2 Å². The molecule has 0 aromatic carbocycles. The zero-order valence-corrected chi connectivity index (χ0v) is 10.8. The van der Waals surface area contributed by atoms with Crippen LogP contribution in [0.2, 0.25) is 0 Å². The predicted octanol–water partition coefficient (Wildman–Crippen LogP) is 0.942. The molecule has 1 fully saturated rings. The molecule has 18 heavy (non-hydrogen) atoms. The molecule has 0 unspecified atom stereocenters. The minimum Gasteiger partial charge on any atom is -0.447 e. The van der Waals surface area contributed by atoms with Crippen LogP contribution in [0, 0.1) is 0 Å². The van der Waals surface area contributed by atoms with Gasteiger partial charge in [0, 0.05) is 13.0 Å². The van der Waals surface area contributed by atoms with Gasteiger partial charge >= 0.3 is 0 Å². The molecule has 2 heterocycles. The highest BCUT2D eigenvalue weighted by molar-refractivity contribution is 5.93. The maximum absolute atomic E-state index is 12.1. The first-order valence-electron chi connectivity index (χ1n) is 5.98. The Labute approximate surface area is 106 Å². The number of ether oxygens (including phenoxy) is 2. The van der Waals surface area contributed by atoms with Crippen LogP contribution in [-0.2, 0) is 9.47 Å². The fourth-order valence-corrected chi connectivity index (χ4v) is 1.97. The first-order chi connectivity index (χ1) is 8.63. The lowest BCUT2D eigenvalue weighted by atomic mass is 10.1. The van der Waals surface area contributed by atoms with Gasteiger partial charge in [-0.25, -0.2) is 4.98 Å². The normalized spacial score (nSPS) is 23.6. The van der Waals surface area contributed by atoms with Gasteiger partial charge in [-0.2, -0.15) is 0 Å². The lowest BCUT2D eigenvalue weighted by Crippen LogP contribution is -2.43. The van der Waals surface area contributed by atoms with Crippen LogP contribution in [0.1, 0.15) is 36.0 Å². The second-order valence-electron chi connectivity index (χ2n) is 4.61. The second-order valence-corrected chi connectivity index (χ2v) is 4.61. The fraction of sp³-hybridized carbons (Fsp3) is 0.667. The van der Waals surface area contributed by atoms with Gasteiger partial charge in [0.25, 0.3) is 5.91 Å². The van der Waals surface area contributed by atoms with Gasteiger partial charge in [0.1, 0.15) is 11.9 Å². The number of carbonyl (C=O) groups is 1. The molecule has 0 saturated carbocycles. The Morgan fingerprint density at radius 3 is 3.00 bits per heavy atom. The van der Waals surface area contributed by atoms with Gasteiger partial charge in [0.05, 0.1) is 19.3 Å². The van der Waals surface area contributed by atoms with E-state index in [9.17, 15) is 4.79 Å². The standard InChI is InChI=1S/C12H18N2O4/c1-7(2)11-10(13-6-18-11)12(15)14-8-4-17-5-9(8)16-3/h6-9H,4-5H2,1-3H3,(H,14,15)/t8-,9-/m0/s1. The van der Waals surface area contributed by atoms with Crippen molar-refractivity contribution < 1.29 is 18.7 Å². The van der Waals surface area contributed by atoms with Crippen molar-refractivity contribution in [3.8, 4) is 0 Å². The molecule has 2 atom stereocenters. The summed E-state index contributed by atoms with van der Waals surface area (Å²) in [6.45, 7) is 4.86. The van der Waals surface area contributed by atoms with E-state index in [4.69, 9.17) is 13.9 Å². The second kappa shape index (κ2) is 5.49. The third-order valence-electron chi connectivity index (χ3n) is 2.98. The van der Waals surface area contributed by atoms with E-state index in [1.165, 1.54) is 6.39 Å². The first-order valence-corrected chi connectivity index (χ1v) is 5.98. The van der Waals surface area contributed by atoms with Gasteiger partial charge in [0.15, 0.2) is 12.1 Å². The number of oxazole rings is 1. The summed E-state index contributed by atoms with van der Waals surface area (Å²) in [4.78, 5) is 16.1. The van der Waals surface area contributed by atoms with Gasteiger partial charge in [-0.1, -0.05) is 13.8 Å². The third-order valence-corrected chi connectivity index (χ3v) is 2.98. The number of hydrogen-bond donors (Lipinski definition) is 1. The van der Waals surface area contributed by atoms with Crippen molar-refractivity contribution in [2.24, 2.45) is 0 Å². The zero-order valence-electron chi connectivity index (χ0n) is 10.8. The molecule has 1 aromatic rings. The lowest BCUT2D eigenvalue weighted by molar-refractivity contribution is 0.0683. The zero-order chi connectivity index (χ0) is 13.1. The Hall–Kier alpha value is -1.40. The Kier molecular flexibility index (Phi) is 3.98. The molecule has 6 nitrogen and oxygen atoms in total. The number of amides is 1. The highest BCUT2D eigenvalue weighted by Gasteiger charge is 2.31. The van der Waals surface area contributed by atoms with Gasteiger partial charge in [-0.3, -0.25) is 4.79 Å². The largest absolute Gasteiger partial charge is 0.447 e. The molecular weight excluding hydrogens is 236 g/mol. The number of rotatable bonds is 4. The van der Waals surface area contributed by atoms with Crippen LogP contribution in [-0.4, -0.2) is 43.4 Å². The minimum atomic E-state index is -0.245. The van der Waals surface area contributed by atoms with E-state index >= 15 is 0 Å². The highest BCUT2D eigenvalue weighted by Crippen LogP contribution is 2.18. The Balaban J connectivity index is 2.05. The lowest BCUT2D eigenvalue weighted by Gasteiger charge is -2.17. The van der Waals surface area contributed by atoms with E-state index in [1.807, 2.05) is 13.8 Å². The summed E-state index contributed by atoms with van der Waals surface area (Å²) >= 11 is 0. The van der Waals surface area contributed by atoms with Crippen LogP contribution < -0.4 is 5.32 Å². The van der Waals surface area contributed by atoms with Crippen molar-refractivity contribution in [2.75, 3.05) is 20.3 Å². The molecule has 6 heteroatoms. The van der Waals surface area contributed by atoms with Crippen molar-refractivity contribution in [1.82, 2.24) is 10.3 Å². The molecule has 0 bridgehead atoms. The summed E-state index contributed by atoms with van der Waals surface area (Å²) in [7, 11) is 1.61. The van der Waals surface area contributed by atoms with Crippen molar-refractivity contribution in [3.63, 3.8) is 0 Å². The van der Waals surface area contributed by atoms with E-state index in [0.29, 0.717) is 24.7 Å². The van der Waals surface area contributed by atoms with Crippen LogP contribution in [0.25, 0.3) is 0 Å². The summed E-state index contributed by atoms with van der Waals surface area (Å²) in [5, 5.41) is 2.87. The number of nitrogens with zero attached hydrogens (tertiary/aromatic N) is 1. The summed E-state index contributed by atoms with van der Waals surface area (Å²) in [5.74, 6) is 0.469. The summed E-state index contributed by atoms with van der Waals surface area (Å²) in [5.41, 5.74) is 0.340. The molecule has 0 aliphatic carbocycles.